The van der Waals surface area contributed by atoms with Crippen molar-refractivity contribution in [1.82, 2.24) is 9.78 Å². The van der Waals surface area contributed by atoms with Gasteiger partial charge in [-0.05, 0) is 37.6 Å². The molecule has 0 saturated carbocycles. The monoisotopic (exact) mass is 505 g/mol. The van der Waals surface area contributed by atoms with Crippen molar-refractivity contribution in [2.45, 2.75) is 25.0 Å². The molecule has 0 bridgehead atoms. The Kier molecular flexibility index (Phi) is 6.09. The summed E-state index contributed by atoms with van der Waals surface area (Å²) in [5.41, 5.74) is 5.79. The van der Waals surface area contributed by atoms with Gasteiger partial charge in [-0.15, -0.1) is 0 Å². The fraction of sp³-hybridized carbons (Fsp3) is 0.200. The van der Waals surface area contributed by atoms with Gasteiger partial charge in [-0.3, -0.25) is 4.79 Å². The van der Waals surface area contributed by atoms with E-state index in [-0.39, 0.29) is 11.3 Å². The van der Waals surface area contributed by atoms with Crippen molar-refractivity contribution < 1.29 is 26.4 Å². The Bertz CT molecular complexity index is 1340. The van der Waals surface area contributed by atoms with Crippen molar-refractivity contribution in [3.8, 4) is 5.69 Å². The second kappa shape index (κ2) is 8.09. The third kappa shape index (κ3) is 4.35. The van der Waals surface area contributed by atoms with Gasteiger partial charge in [-0.25, -0.2) is 13.1 Å². The molecule has 1 heterocycles. The summed E-state index contributed by atoms with van der Waals surface area (Å²) in [6.45, 7) is 3.42. The van der Waals surface area contributed by atoms with Crippen LogP contribution in [0.5, 0.6) is 0 Å². The second-order valence-corrected chi connectivity index (χ2v) is 9.93. The Morgan fingerprint density at radius 2 is 1.66 bits per heavy atom. The molecule has 0 unspecified atom stereocenters. The number of anilines is 1. The number of halogens is 5. The van der Waals surface area contributed by atoms with Crippen LogP contribution in [0.2, 0.25) is 10.0 Å². The van der Waals surface area contributed by atoms with E-state index in [1.165, 1.54) is 0 Å². The van der Waals surface area contributed by atoms with E-state index in [0.29, 0.717) is 17.7 Å². The van der Waals surface area contributed by atoms with Crippen molar-refractivity contribution >= 4 is 44.6 Å². The maximum Gasteiger partial charge on any atom is 0.416 e. The lowest BCUT2D eigenvalue weighted by Gasteiger charge is -2.13. The molecule has 0 saturated heterocycles. The molecule has 3 aromatic rings. The predicted octanol–water partition coefficient (Wildman–Crippen LogP) is 5.03. The van der Waals surface area contributed by atoms with Crippen molar-refractivity contribution in [2.24, 2.45) is 0 Å². The summed E-state index contributed by atoms with van der Waals surface area (Å²) < 4.78 is 64.7. The highest BCUT2D eigenvalue weighted by atomic mass is 35.5. The Morgan fingerprint density at radius 3 is 2.16 bits per heavy atom. The van der Waals surface area contributed by atoms with Gasteiger partial charge in [0.25, 0.3) is 0 Å². The topological polar surface area (TPSA) is 95.0 Å². The summed E-state index contributed by atoms with van der Waals surface area (Å²) in [7, 11) is -4.08. The van der Waals surface area contributed by atoms with Crippen molar-refractivity contribution in [1.29, 1.82) is 0 Å². The van der Waals surface area contributed by atoms with E-state index in [1.807, 2.05) is 0 Å². The average Bonchev–Trinajstić information content (AvgIpc) is 2.99. The normalized spacial score (nSPS) is 12.2. The van der Waals surface area contributed by atoms with Crippen molar-refractivity contribution in [2.75, 3.05) is 12.0 Å². The predicted molar refractivity (Wildman–Crippen MR) is 115 cm³/mol. The van der Waals surface area contributed by atoms with Crippen LogP contribution in [0.15, 0.2) is 35.4 Å². The average molecular weight is 506 g/mol. The third-order valence-corrected chi connectivity index (χ3v) is 6.23. The number of aromatic nitrogens is 2. The summed E-state index contributed by atoms with van der Waals surface area (Å²) in [6.07, 6.45) is -3.89. The summed E-state index contributed by atoms with van der Waals surface area (Å²) in [5.74, 6) is -1.14. The fourth-order valence-electron chi connectivity index (χ4n) is 3.10. The Morgan fingerprint density at radius 1 is 1.09 bits per heavy atom. The number of alkyl halides is 3. The minimum absolute atomic E-state index is 0.200. The molecule has 0 aliphatic rings. The van der Waals surface area contributed by atoms with E-state index in [4.69, 9.17) is 28.9 Å². The number of hydrogen-bond donors (Lipinski definition) is 1. The van der Waals surface area contributed by atoms with Crippen LogP contribution in [-0.2, 0) is 16.0 Å². The molecule has 3 rings (SSSR count). The first-order valence-corrected chi connectivity index (χ1v) is 11.5. The van der Waals surface area contributed by atoms with E-state index in [9.17, 15) is 26.4 Å². The number of rotatable bonds is 4. The van der Waals surface area contributed by atoms with Crippen LogP contribution >= 0.6 is 23.2 Å². The minimum atomic E-state index is -4.72. The van der Waals surface area contributed by atoms with E-state index in [0.717, 1.165) is 16.5 Å². The van der Waals surface area contributed by atoms with Gasteiger partial charge in [0.1, 0.15) is 17.1 Å². The highest BCUT2D eigenvalue weighted by molar-refractivity contribution is 7.90. The van der Waals surface area contributed by atoms with Crippen LogP contribution < -0.4 is 5.73 Å². The first-order valence-electron chi connectivity index (χ1n) is 8.90. The molecule has 32 heavy (non-hydrogen) atoms. The molecular weight excluding hydrogens is 490 g/mol. The van der Waals surface area contributed by atoms with Crippen molar-refractivity contribution in [3.63, 3.8) is 0 Å². The first-order chi connectivity index (χ1) is 14.6. The summed E-state index contributed by atoms with van der Waals surface area (Å²) in [5, 5.41) is 2.29. The SMILES string of the molecule is Cc1ccc(C)c(C(=O)c2c(S(C)(=O)=O)nn(-c3c(Cl)cc(C(F)(F)F)cc3Cl)c2N)c1. The zero-order valence-corrected chi connectivity index (χ0v) is 19.2. The van der Waals surface area contributed by atoms with Gasteiger partial charge in [0.05, 0.1) is 15.6 Å². The summed E-state index contributed by atoms with van der Waals surface area (Å²) in [6, 6.07) is 6.25. The van der Waals surface area contributed by atoms with Gasteiger partial charge in [0, 0.05) is 11.8 Å². The zero-order chi connectivity index (χ0) is 24.2. The number of nitrogen functional groups attached to an aromatic ring is 1. The van der Waals surface area contributed by atoms with Crippen LogP contribution in [0.1, 0.15) is 32.6 Å². The van der Waals surface area contributed by atoms with Gasteiger partial charge < -0.3 is 5.73 Å². The number of carbonyl (C=O) groups excluding carboxylic acids is 1. The highest BCUT2D eigenvalue weighted by Gasteiger charge is 2.34. The molecule has 0 spiro atoms. The van der Waals surface area contributed by atoms with E-state index in [1.54, 1.807) is 32.0 Å². The number of ketones is 1. The van der Waals surface area contributed by atoms with E-state index < -0.39 is 53.8 Å². The first kappa shape index (κ1) is 24.1. The van der Waals surface area contributed by atoms with Crippen LogP contribution in [0, 0.1) is 13.8 Å². The molecule has 0 fully saturated rings. The second-order valence-electron chi connectivity index (χ2n) is 7.18. The lowest BCUT2D eigenvalue weighted by Crippen LogP contribution is -2.12. The molecule has 0 amide bonds. The van der Waals surface area contributed by atoms with Gasteiger partial charge in [0.15, 0.2) is 20.6 Å². The van der Waals surface area contributed by atoms with Crippen LogP contribution in [0.25, 0.3) is 5.69 Å². The molecule has 0 aliphatic heterocycles. The van der Waals surface area contributed by atoms with E-state index in [2.05, 4.69) is 5.10 Å². The van der Waals surface area contributed by atoms with Gasteiger partial charge in [0.2, 0.25) is 0 Å². The smallest absolute Gasteiger partial charge is 0.383 e. The lowest BCUT2D eigenvalue weighted by atomic mass is 9.98. The van der Waals surface area contributed by atoms with Crippen LogP contribution in [-0.4, -0.2) is 30.2 Å². The zero-order valence-electron chi connectivity index (χ0n) is 16.9. The number of sulfone groups is 1. The molecule has 170 valence electrons. The molecule has 1 aromatic heterocycles. The van der Waals surface area contributed by atoms with Crippen LogP contribution in [0.3, 0.4) is 0 Å². The van der Waals surface area contributed by atoms with E-state index >= 15 is 0 Å². The van der Waals surface area contributed by atoms with Crippen LogP contribution in [0.4, 0.5) is 19.0 Å². The van der Waals surface area contributed by atoms with Gasteiger partial charge >= 0.3 is 6.18 Å². The maximum absolute atomic E-state index is 13.3. The maximum atomic E-state index is 13.3. The number of aryl methyl sites for hydroxylation is 2. The molecule has 2 N–H and O–H groups in total. The number of nitrogens with zero attached hydrogens (tertiary/aromatic N) is 2. The molecular formula is C20H16Cl2F3N3O3S. The molecule has 0 atom stereocenters. The third-order valence-electron chi connectivity index (χ3n) is 4.66. The summed E-state index contributed by atoms with van der Waals surface area (Å²) in [4.78, 5) is 13.3. The van der Waals surface area contributed by atoms with Crippen molar-refractivity contribution in [3.05, 3.63) is 68.2 Å². The Labute approximate surface area is 191 Å². The fourth-order valence-corrected chi connectivity index (χ4v) is 4.55. The Balaban J connectivity index is 2.32. The van der Waals surface area contributed by atoms with Gasteiger partial charge in [-0.1, -0.05) is 40.9 Å². The lowest BCUT2D eigenvalue weighted by molar-refractivity contribution is -0.137. The number of hydrogen-bond acceptors (Lipinski definition) is 5. The Hall–Kier alpha value is -2.56. The molecule has 0 aliphatic carbocycles. The van der Waals surface area contributed by atoms with Gasteiger partial charge in [-0.2, -0.15) is 18.3 Å². The number of carbonyl (C=O) groups is 1. The molecule has 0 radical (unpaired) electrons. The number of nitrogens with two attached hydrogens (primary N) is 1. The standard InChI is InChI=1S/C20H16Cl2F3N3O3S/c1-9-4-5-10(2)12(6-9)17(29)15-18(26)28(27-19(15)32(3,30)31)16-13(21)7-11(8-14(16)22)20(23,24)25/h4-8H,26H2,1-3H3. The largest absolute Gasteiger partial charge is 0.416 e. The number of benzene rings is 2. The quantitative estimate of drug-likeness (QED) is 0.501. The highest BCUT2D eigenvalue weighted by Crippen LogP contribution is 2.39. The molecule has 2 aromatic carbocycles. The summed E-state index contributed by atoms with van der Waals surface area (Å²) >= 11 is 12.1. The molecule has 6 nitrogen and oxygen atoms in total. The molecule has 12 heteroatoms. The minimum Gasteiger partial charge on any atom is -0.383 e.